The number of aromatic nitrogens is 2. The summed E-state index contributed by atoms with van der Waals surface area (Å²) in [6, 6.07) is 0.386. The van der Waals surface area contributed by atoms with Crippen molar-refractivity contribution >= 4 is 5.82 Å². The highest BCUT2D eigenvalue weighted by Gasteiger charge is 2.26. The Morgan fingerprint density at radius 1 is 1.50 bits per heavy atom. The minimum absolute atomic E-state index is 0.386. The van der Waals surface area contributed by atoms with Crippen molar-refractivity contribution in [2.45, 2.75) is 19.4 Å². The summed E-state index contributed by atoms with van der Waals surface area (Å²) < 4.78 is 5.42. The molecule has 2 atom stereocenters. The van der Waals surface area contributed by atoms with Crippen molar-refractivity contribution in [2.75, 3.05) is 18.5 Å². The van der Waals surface area contributed by atoms with Crippen LogP contribution in [0.2, 0.25) is 0 Å². The number of ether oxygens (including phenoxy) is 1. The summed E-state index contributed by atoms with van der Waals surface area (Å²) in [7, 11) is 0. The van der Waals surface area contributed by atoms with Gasteiger partial charge in [-0.1, -0.05) is 6.92 Å². The summed E-state index contributed by atoms with van der Waals surface area (Å²) in [5, 5.41) is 3.34. The Kier molecular flexibility index (Phi) is 2.93. The number of hydrogen-bond donors (Lipinski definition) is 1. The number of nitrogens with zero attached hydrogens (tertiary/aromatic N) is 2. The average Bonchev–Trinajstić information content (AvgIpc) is 2.67. The van der Waals surface area contributed by atoms with E-state index in [-0.39, 0.29) is 0 Å². The predicted octanol–water partition coefficient (Wildman–Crippen LogP) is 1.31. The molecule has 0 radical (unpaired) electrons. The Bertz CT molecular complexity index is 278. The molecule has 4 nitrogen and oxygen atoms in total. The first-order chi connectivity index (χ1) is 6.90. The lowest BCUT2D eigenvalue weighted by atomic mass is 10.0. The zero-order valence-electron chi connectivity index (χ0n) is 8.31. The van der Waals surface area contributed by atoms with E-state index < -0.39 is 0 Å². The van der Waals surface area contributed by atoms with Crippen molar-refractivity contribution in [3.8, 4) is 0 Å². The van der Waals surface area contributed by atoms with E-state index >= 15 is 0 Å². The summed E-state index contributed by atoms with van der Waals surface area (Å²) in [4.78, 5) is 8.19. The van der Waals surface area contributed by atoms with Gasteiger partial charge in [0, 0.05) is 18.3 Å². The molecular weight excluding hydrogens is 178 g/mol. The van der Waals surface area contributed by atoms with Crippen molar-refractivity contribution in [2.24, 2.45) is 5.92 Å². The molecule has 14 heavy (non-hydrogen) atoms. The molecule has 76 valence electrons. The van der Waals surface area contributed by atoms with E-state index in [1.54, 1.807) is 18.6 Å². The molecule has 2 unspecified atom stereocenters. The zero-order chi connectivity index (χ0) is 9.80. The van der Waals surface area contributed by atoms with Crippen molar-refractivity contribution in [3.05, 3.63) is 18.6 Å². The number of anilines is 1. The second-order valence-electron chi connectivity index (χ2n) is 3.55. The lowest BCUT2D eigenvalue weighted by Crippen LogP contribution is -2.27. The normalized spacial score (nSPS) is 26.4. The number of nitrogens with one attached hydrogen (secondary N) is 1. The Morgan fingerprint density at radius 2 is 2.43 bits per heavy atom. The summed E-state index contributed by atoms with van der Waals surface area (Å²) in [5.41, 5.74) is 0. The van der Waals surface area contributed by atoms with Gasteiger partial charge in [0.05, 0.1) is 25.5 Å². The SMILES string of the molecule is CCC1COCC1Nc1cnccn1. The Morgan fingerprint density at radius 3 is 3.14 bits per heavy atom. The third-order valence-corrected chi connectivity index (χ3v) is 2.62. The first kappa shape index (κ1) is 9.40. The van der Waals surface area contributed by atoms with Crippen LogP contribution in [0.3, 0.4) is 0 Å². The smallest absolute Gasteiger partial charge is 0.144 e. The minimum Gasteiger partial charge on any atom is -0.379 e. The van der Waals surface area contributed by atoms with E-state index in [2.05, 4.69) is 22.2 Å². The molecule has 0 bridgehead atoms. The van der Waals surface area contributed by atoms with Gasteiger partial charge in [0.2, 0.25) is 0 Å². The van der Waals surface area contributed by atoms with Crippen LogP contribution in [0.1, 0.15) is 13.3 Å². The van der Waals surface area contributed by atoms with Crippen LogP contribution in [-0.4, -0.2) is 29.2 Å². The molecule has 0 spiro atoms. The largest absolute Gasteiger partial charge is 0.379 e. The maximum Gasteiger partial charge on any atom is 0.144 e. The Labute approximate surface area is 83.7 Å². The third-order valence-electron chi connectivity index (χ3n) is 2.62. The minimum atomic E-state index is 0.386. The fourth-order valence-electron chi connectivity index (χ4n) is 1.72. The predicted molar refractivity (Wildman–Crippen MR) is 54.0 cm³/mol. The second-order valence-corrected chi connectivity index (χ2v) is 3.55. The molecular formula is C10H15N3O. The monoisotopic (exact) mass is 193 g/mol. The van der Waals surface area contributed by atoms with Gasteiger partial charge in [0.15, 0.2) is 0 Å². The molecule has 1 saturated heterocycles. The van der Waals surface area contributed by atoms with Gasteiger partial charge in [-0.05, 0) is 6.42 Å². The average molecular weight is 193 g/mol. The van der Waals surface area contributed by atoms with E-state index in [4.69, 9.17) is 4.74 Å². The van der Waals surface area contributed by atoms with Crippen molar-refractivity contribution in [1.29, 1.82) is 0 Å². The van der Waals surface area contributed by atoms with Crippen LogP contribution in [0.5, 0.6) is 0 Å². The van der Waals surface area contributed by atoms with E-state index in [0.717, 1.165) is 25.5 Å². The van der Waals surface area contributed by atoms with Crippen LogP contribution >= 0.6 is 0 Å². The van der Waals surface area contributed by atoms with E-state index in [1.807, 2.05) is 0 Å². The van der Waals surface area contributed by atoms with Gasteiger partial charge in [-0.2, -0.15) is 0 Å². The van der Waals surface area contributed by atoms with Crippen LogP contribution in [0.4, 0.5) is 5.82 Å². The number of hydrogen-bond acceptors (Lipinski definition) is 4. The maximum atomic E-state index is 5.42. The molecule has 0 aromatic carbocycles. The van der Waals surface area contributed by atoms with Gasteiger partial charge >= 0.3 is 0 Å². The topological polar surface area (TPSA) is 47.0 Å². The molecule has 1 aliphatic heterocycles. The molecule has 2 rings (SSSR count). The highest BCUT2D eigenvalue weighted by molar-refractivity contribution is 5.32. The Hall–Kier alpha value is -1.16. The molecule has 1 aromatic heterocycles. The van der Waals surface area contributed by atoms with E-state index in [9.17, 15) is 0 Å². The van der Waals surface area contributed by atoms with E-state index in [1.165, 1.54) is 0 Å². The van der Waals surface area contributed by atoms with Crippen molar-refractivity contribution in [3.63, 3.8) is 0 Å². The molecule has 4 heteroatoms. The standard InChI is InChI=1S/C10H15N3O/c1-2-8-6-14-7-9(8)13-10-5-11-3-4-12-10/h3-5,8-9H,2,6-7H2,1H3,(H,12,13). The van der Waals surface area contributed by atoms with Gasteiger partial charge in [0.1, 0.15) is 5.82 Å². The molecule has 2 heterocycles. The molecule has 1 aliphatic rings. The molecule has 1 fully saturated rings. The molecule has 0 saturated carbocycles. The van der Waals surface area contributed by atoms with Crippen LogP contribution < -0.4 is 5.32 Å². The first-order valence-electron chi connectivity index (χ1n) is 5.00. The molecule has 0 amide bonds. The van der Waals surface area contributed by atoms with E-state index in [0.29, 0.717) is 12.0 Å². The number of rotatable bonds is 3. The van der Waals surface area contributed by atoms with Gasteiger partial charge in [-0.25, -0.2) is 4.98 Å². The Balaban J connectivity index is 1.97. The summed E-state index contributed by atoms with van der Waals surface area (Å²) in [6.45, 7) is 3.81. The van der Waals surface area contributed by atoms with Crippen molar-refractivity contribution in [1.82, 2.24) is 9.97 Å². The highest BCUT2D eigenvalue weighted by atomic mass is 16.5. The van der Waals surface area contributed by atoms with Gasteiger partial charge < -0.3 is 10.1 Å². The fourth-order valence-corrected chi connectivity index (χ4v) is 1.72. The highest BCUT2D eigenvalue weighted by Crippen LogP contribution is 2.19. The summed E-state index contributed by atoms with van der Waals surface area (Å²) >= 11 is 0. The fraction of sp³-hybridized carbons (Fsp3) is 0.600. The van der Waals surface area contributed by atoms with Gasteiger partial charge in [0.25, 0.3) is 0 Å². The maximum absolute atomic E-state index is 5.42. The van der Waals surface area contributed by atoms with Crippen LogP contribution in [-0.2, 0) is 4.74 Å². The lowest BCUT2D eigenvalue weighted by Gasteiger charge is -2.17. The zero-order valence-corrected chi connectivity index (χ0v) is 8.31. The molecule has 0 aliphatic carbocycles. The quantitative estimate of drug-likeness (QED) is 0.786. The second kappa shape index (κ2) is 4.37. The van der Waals surface area contributed by atoms with Crippen LogP contribution in [0.25, 0.3) is 0 Å². The van der Waals surface area contributed by atoms with Gasteiger partial charge in [-0.15, -0.1) is 0 Å². The summed E-state index contributed by atoms with van der Waals surface area (Å²) in [5.74, 6) is 1.43. The molecule has 1 aromatic rings. The lowest BCUT2D eigenvalue weighted by molar-refractivity contribution is 0.184. The van der Waals surface area contributed by atoms with Crippen molar-refractivity contribution < 1.29 is 4.74 Å². The molecule has 1 N–H and O–H groups in total. The van der Waals surface area contributed by atoms with Gasteiger partial charge in [-0.3, -0.25) is 4.98 Å². The first-order valence-corrected chi connectivity index (χ1v) is 5.00. The van der Waals surface area contributed by atoms with Crippen LogP contribution in [0.15, 0.2) is 18.6 Å². The third kappa shape index (κ3) is 2.01. The van der Waals surface area contributed by atoms with Crippen LogP contribution in [0, 0.1) is 5.92 Å². The summed E-state index contributed by atoms with van der Waals surface area (Å²) in [6.07, 6.45) is 6.25.